The van der Waals surface area contributed by atoms with Crippen LogP contribution in [0.3, 0.4) is 0 Å². The maximum absolute atomic E-state index is 6.27. The number of aryl methyl sites for hydroxylation is 2. The van der Waals surface area contributed by atoms with Crippen LogP contribution in [0.1, 0.15) is 58.7 Å². The molecule has 41 heavy (non-hydrogen) atoms. The normalized spacial score (nSPS) is 19.1. The van der Waals surface area contributed by atoms with Crippen molar-refractivity contribution in [3.63, 3.8) is 0 Å². The number of hydrogen-bond acceptors (Lipinski definition) is 4. The van der Waals surface area contributed by atoms with Crippen molar-refractivity contribution in [2.24, 2.45) is 10.9 Å². The molecular weight excluding hydrogens is 619 g/mol. The van der Waals surface area contributed by atoms with Crippen LogP contribution in [-0.2, 0) is 6.61 Å². The molecular formula is C36H35IN2O2. The minimum atomic E-state index is 0.287. The molecule has 4 aromatic rings. The first-order valence-corrected chi connectivity index (χ1v) is 15.4. The van der Waals surface area contributed by atoms with Crippen LogP contribution in [0.15, 0.2) is 96.0 Å². The number of nitrogens with zero attached hydrogens (tertiary/aromatic N) is 1. The fourth-order valence-electron chi connectivity index (χ4n) is 6.16. The maximum Gasteiger partial charge on any atom is 0.175 e. The summed E-state index contributed by atoms with van der Waals surface area (Å²) in [6, 6.07) is 28.3. The molecule has 1 N–H and O–H groups in total. The number of ether oxygens (including phenoxy) is 2. The highest BCUT2D eigenvalue weighted by molar-refractivity contribution is 14.1. The number of benzene rings is 4. The third-order valence-corrected chi connectivity index (χ3v) is 8.68. The zero-order valence-corrected chi connectivity index (χ0v) is 25.9. The van der Waals surface area contributed by atoms with E-state index in [0.29, 0.717) is 25.0 Å². The van der Waals surface area contributed by atoms with Gasteiger partial charge in [0.15, 0.2) is 11.5 Å². The number of para-hydroxylation sites is 1. The molecule has 6 rings (SSSR count). The minimum absolute atomic E-state index is 0.287. The lowest BCUT2D eigenvalue weighted by Gasteiger charge is -2.37. The van der Waals surface area contributed by atoms with E-state index in [1.54, 1.807) is 0 Å². The second-order valence-corrected chi connectivity index (χ2v) is 12.1. The summed E-state index contributed by atoms with van der Waals surface area (Å²) in [5, 5.41) is 3.81. The van der Waals surface area contributed by atoms with E-state index < -0.39 is 0 Å². The molecule has 2 aliphatic rings. The van der Waals surface area contributed by atoms with Gasteiger partial charge in [0.25, 0.3) is 0 Å². The molecule has 0 bridgehead atoms. The van der Waals surface area contributed by atoms with Crippen LogP contribution in [0.2, 0.25) is 0 Å². The number of rotatable bonds is 8. The van der Waals surface area contributed by atoms with Gasteiger partial charge in [-0.1, -0.05) is 71.8 Å². The number of allylic oxidation sites excluding steroid dienone is 2. The summed E-state index contributed by atoms with van der Waals surface area (Å²) < 4.78 is 13.3. The van der Waals surface area contributed by atoms with Crippen molar-refractivity contribution in [2.45, 2.75) is 45.8 Å². The van der Waals surface area contributed by atoms with Crippen molar-refractivity contribution in [1.29, 1.82) is 0 Å². The fraction of sp³-hybridized carbons (Fsp3) is 0.250. The Morgan fingerprint density at radius 1 is 0.951 bits per heavy atom. The van der Waals surface area contributed by atoms with Gasteiger partial charge in [0.1, 0.15) is 6.61 Å². The van der Waals surface area contributed by atoms with Crippen molar-refractivity contribution in [3.8, 4) is 11.5 Å². The molecule has 0 saturated heterocycles. The predicted octanol–water partition coefficient (Wildman–Crippen LogP) is 9.46. The summed E-state index contributed by atoms with van der Waals surface area (Å²) in [5.41, 5.74) is 9.49. The molecule has 4 nitrogen and oxygen atoms in total. The summed E-state index contributed by atoms with van der Waals surface area (Å²) in [7, 11) is 0. The van der Waals surface area contributed by atoms with Crippen LogP contribution in [0.4, 0.5) is 11.4 Å². The molecule has 4 aromatic carbocycles. The van der Waals surface area contributed by atoms with E-state index in [1.165, 1.54) is 27.9 Å². The topological polar surface area (TPSA) is 42.8 Å². The molecule has 5 heteroatoms. The molecule has 0 saturated carbocycles. The molecule has 208 valence electrons. The van der Waals surface area contributed by atoms with Gasteiger partial charge >= 0.3 is 0 Å². The minimum Gasteiger partial charge on any atom is -0.490 e. The zero-order valence-electron chi connectivity index (χ0n) is 23.7. The van der Waals surface area contributed by atoms with Crippen molar-refractivity contribution >= 4 is 40.2 Å². The molecule has 0 aromatic heterocycles. The van der Waals surface area contributed by atoms with Gasteiger partial charge in [-0.3, -0.25) is 4.99 Å². The highest BCUT2D eigenvalue weighted by atomic mass is 127. The second kappa shape index (κ2) is 12.1. The summed E-state index contributed by atoms with van der Waals surface area (Å²) in [4.78, 5) is 4.79. The van der Waals surface area contributed by atoms with E-state index >= 15 is 0 Å². The Kier molecular flexibility index (Phi) is 8.15. The Bertz CT molecular complexity index is 1590. The van der Waals surface area contributed by atoms with Gasteiger partial charge in [-0.15, -0.1) is 0 Å². The van der Waals surface area contributed by atoms with E-state index in [4.69, 9.17) is 14.5 Å². The largest absolute Gasteiger partial charge is 0.490 e. The summed E-state index contributed by atoms with van der Waals surface area (Å²) in [6.07, 6.45) is 7.72. The molecule has 1 heterocycles. The lowest BCUT2D eigenvalue weighted by atomic mass is 9.77. The Morgan fingerprint density at radius 3 is 2.51 bits per heavy atom. The number of halogens is 1. The number of anilines is 1. The molecule has 1 aliphatic heterocycles. The van der Waals surface area contributed by atoms with Gasteiger partial charge in [-0.25, -0.2) is 0 Å². The third kappa shape index (κ3) is 6.05. The van der Waals surface area contributed by atoms with E-state index in [-0.39, 0.29) is 6.04 Å². The highest BCUT2D eigenvalue weighted by Crippen LogP contribution is 2.49. The Morgan fingerprint density at radius 2 is 1.73 bits per heavy atom. The molecule has 0 amide bonds. The zero-order chi connectivity index (χ0) is 28.3. The second-order valence-electron chi connectivity index (χ2n) is 11.0. The predicted molar refractivity (Wildman–Crippen MR) is 177 cm³/mol. The van der Waals surface area contributed by atoms with Crippen LogP contribution >= 0.6 is 22.6 Å². The summed E-state index contributed by atoms with van der Waals surface area (Å²) in [5.74, 6) is 2.53. The number of fused-ring (bicyclic) bond motifs is 3. The van der Waals surface area contributed by atoms with Gasteiger partial charge in [-0.05, 0) is 108 Å². The fourth-order valence-corrected chi connectivity index (χ4v) is 6.94. The first-order chi connectivity index (χ1) is 20.0. The molecule has 0 spiro atoms. The van der Waals surface area contributed by atoms with Gasteiger partial charge in [0.2, 0.25) is 0 Å². The van der Waals surface area contributed by atoms with Gasteiger partial charge in [-0.2, -0.15) is 0 Å². The number of hydrogen-bond donors (Lipinski definition) is 1. The molecule has 0 unspecified atom stereocenters. The smallest absolute Gasteiger partial charge is 0.175 e. The Balaban J connectivity index is 1.18. The SMILES string of the molecule is CCOc1cc(C=Nc2ccc([C@@H]3Nc4ccccc4[C@H]4C=CC[C@@H]43)cc2)cc(I)c1OCc1cc(C)cc(C)c1. The number of nitrogens with one attached hydrogen (secondary N) is 1. The lowest BCUT2D eigenvalue weighted by Crippen LogP contribution is -2.28. The first-order valence-electron chi connectivity index (χ1n) is 14.3. The summed E-state index contributed by atoms with van der Waals surface area (Å²) in [6.45, 7) is 7.28. The maximum atomic E-state index is 6.27. The standard InChI is InChI=1S/C36H35IN2O2/c1-4-40-34-20-25(19-32(37)36(34)41-22-26-17-23(2)16-24(3)18-26)21-38-28-14-12-27(13-15-28)35-31-10-7-9-29(31)30-8-5-6-11-33(30)39-35/h5-9,11-21,29,31,35,39H,4,10,22H2,1-3H3/t29-,31+,35+/m1/s1. The molecule has 3 atom stereocenters. The van der Waals surface area contributed by atoms with Crippen LogP contribution in [-0.4, -0.2) is 12.8 Å². The average molecular weight is 655 g/mol. The number of aliphatic imine (C=N–C) groups is 1. The van der Waals surface area contributed by atoms with Crippen molar-refractivity contribution in [3.05, 3.63) is 128 Å². The molecule has 1 aliphatic carbocycles. The molecule has 0 radical (unpaired) electrons. The van der Waals surface area contributed by atoms with E-state index in [9.17, 15) is 0 Å². The quantitative estimate of drug-likeness (QED) is 0.117. The monoisotopic (exact) mass is 654 g/mol. The van der Waals surface area contributed by atoms with Crippen LogP contribution in [0, 0.1) is 23.3 Å². The van der Waals surface area contributed by atoms with E-state index in [2.05, 4.69) is 127 Å². The van der Waals surface area contributed by atoms with Gasteiger partial charge in [0, 0.05) is 17.8 Å². The highest BCUT2D eigenvalue weighted by Gasteiger charge is 2.37. The Hall–Kier alpha value is -3.58. The van der Waals surface area contributed by atoms with Crippen molar-refractivity contribution in [1.82, 2.24) is 0 Å². The van der Waals surface area contributed by atoms with Crippen LogP contribution in [0.5, 0.6) is 11.5 Å². The van der Waals surface area contributed by atoms with E-state index in [0.717, 1.165) is 38.3 Å². The van der Waals surface area contributed by atoms with Gasteiger partial charge < -0.3 is 14.8 Å². The first kappa shape index (κ1) is 27.6. The van der Waals surface area contributed by atoms with Crippen molar-refractivity contribution < 1.29 is 9.47 Å². The summed E-state index contributed by atoms with van der Waals surface area (Å²) >= 11 is 2.32. The third-order valence-electron chi connectivity index (χ3n) is 7.88. The van der Waals surface area contributed by atoms with Crippen molar-refractivity contribution in [2.75, 3.05) is 11.9 Å². The molecule has 0 fully saturated rings. The Labute approximate surface area is 256 Å². The van der Waals surface area contributed by atoms with Crippen LogP contribution < -0.4 is 14.8 Å². The van der Waals surface area contributed by atoms with Crippen LogP contribution in [0.25, 0.3) is 0 Å². The average Bonchev–Trinajstić information content (AvgIpc) is 3.46. The van der Waals surface area contributed by atoms with Gasteiger partial charge in [0.05, 0.1) is 21.9 Å². The lowest BCUT2D eigenvalue weighted by molar-refractivity contribution is 0.267. The van der Waals surface area contributed by atoms with E-state index in [1.807, 2.05) is 19.2 Å².